The van der Waals surface area contributed by atoms with Crippen LogP contribution in [0.25, 0.3) is 10.9 Å². The highest BCUT2D eigenvalue weighted by molar-refractivity contribution is 6.31. The van der Waals surface area contributed by atoms with Crippen LogP contribution < -0.4 is 4.74 Å². The maximum Gasteiger partial charge on any atom is 0.409 e. The Morgan fingerprint density at radius 1 is 1.21 bits per heavy atom. The van der Waals surface area contributed by atoms with Gasteiger partial charge < -0.3 is 14.4 Å². The molecule has 0 aliphatic carbocycles. The molecule has 1 unspecified atom stereocenters. The summed E-state index contributed by atoms with van der Waals surface area (Å²) in [6, 6.07) is 11.3. The van der Waals surface area contributed by atoms with E-state index in [0.29, 0.717) is 33.2 Å². The Bertz CT molecular complexity index is 1040. The number of para-hydroxylation sites is 1. The molecule has 0 saturated carbocycles. The van der Waals surface area contributed by atoms with Crippen LogP contribution >= 0.6 is 11.6 Å². The van der Waals surface area contributed by atoms with E-state index < -0.39 is 12.1 Å². The zero-order valence-corrected chi connectivity index (χ0v) is 16.7. The van der Waals surface area contributed by atoms with Gasteiger partial charge in [-0.3, -0.25) is 0 Å². The number of pyridine rings is 1. The Morgan fingerprint density at radius 2 is 1.93 bits per heavy atom. The van der Waals surface area contributed by atoms with E-state index in [-0.39, 0.29) is 11.3 Å². The van der Waals surface area contributed by atoms with Crippen molar-refractivity contribution in [2.45, 2.75) is 19.9 Å². The van der Waals surface area contributed by atoms with Crippen LogP contribution in [0.3, 0.4) is 0 Å². The molecule has 7 heteroatoms. The van der Waals surface area contributed by atoms with E-state index in [0.717, 1.165) is 0 Å². The molecule has 146 valence electrons. The number of hydrogen-bond acceptors (Lipinski definition) is 4. The van der Waals surface area contributed by atoms with Gasteiger partial charge in [0.15, 0.2) is 0 Å². The van der Waals surface area contributed by atoms with E-state index in [9.17, 15) is 9.18 Å². The minimum Gasteiger partial charge on any atom is -0.455 e. The number of carbonyl (C=O) groups excluding carboxylic acids is 1. The van der Waals surface area contributed by atoms with E-state index in [1.165, 1.54) is 18.1 Å². The molecular formula is C21H20ClFN2O3. The lowest BCUT2D eigenvalue weighted by atomic mass is 10.1. The molecule has 5 nitrogen and oxygen atoms in total. The molecule has 3 rings (SSSR count). The third-order valence-electron chi connectivity index (χ3n) is 4.63. The highest BCUT2D eigenvalue weighted by Crippen LogP contribution is 2.38. The van der Waals surface area contributed by atoms with Gasteiger partial charge in [-0.15, -0.1) is 0 Å². The maximum atomic E-state index is 14.0. The van der Waals surface area contributed by atoms with Crippen molar-refractivity contribution in [3.63, 3.8) is 0 Å². The zero-order chi connectivity index (χ0) is 20.4. The highest BCUT2D eigenvalue weighted by Gasteiger charge is 2.24. The molecule has 1 aromatic heterocycles. The Hall–Kier alpha value is -2.86. The van der Waals surface area contributed by atoms with E-state index in [2.05, 4.69) is 4.98 Å². The van der Waals surface area contributed by atoms with Crippen LogP contribution in [0.4, 0.5) is 9.18 Å². The van der Waals surface area contributed by atoms with Crippen molar-refractivity contribution in [2.24, 2.45) is 0 Å². The van der Waals surface area contributed by atoms with Crippen molar-refractivity contribution in [1.82, 2.24) is 9.88 Å². The molecule has 3 aromatic rings. The van der Waals surface area contributed by atoms with Crippen LogP contribution in [0, 0.1) is 12.7 Å². The van der Waals surface area contributed by atoms with Crippen molar-refractivity contribution in [1.29, 1.82) is 0 Å². The number of rotatable bonds is 4. The third-order valence-corrected chi connectivity index (χ3v) is 4.96. The lowest BCUT2D eigenvalue weighted by molar-refractivity contribution is 0.120. The number of ether oxygens (including phenoxy) is 2. The van der Waals surface area contributed by atoms with Gasteiger partial charge in [-0.25, -0.2) is 14.2 Å². The molecule has 1 heterocycles. The molecule has 2 aromatic carbocycles. The van der Waals surface area contributed by atoms with Crippen LogP contribution in [0.15, 0.2) is 42.5 Å². The molecule has 0 aliphatic heterocycles. The average Bonchev–Trinajstić information content (AvgIpc) is 2.68. The number of amides is 1. The lowest BCUT2D eigenvalue weighted by Gasteiger charge is -2.26. The van der Waals surface area contributed by atoms with Crippen LogP contribution in [0.5, 0.6) is 11.5 Å². The fraction of sp³-hybridized carbons (Fsp3) is 0.238. The molecule has 0 aliphatic rings. The Labute approximate surface area is 167 Å². The normalized spacial score (nSPS) is 11.9. The molecule has 0 bridgehead atoms. The first-order valence-corrected chi connectivity index (χ1v) is 9.04. The molecule has 28 heavy (non-hydrogen) atoms. The van der Waals surface area contributed by atoms with Gasteiger partial charge in [-0.2, -0.15) is 0 Å². The van der Waals surface area contributed by atoms with Gasteiger partial charge in [0.1, 0.15) is 22.8 Å². The highest BCUT2D eigenvalue weighted by atomic mass is 35.5. The van der Waals surface area contributed by atoms with Crippen LogP contribution in [-0.2, 0) is 4.74 Å². The number of nitrogens with zero attached hydrogens (tertiary/aromatic N) is 2. The molecule has 0 spiro atoms. The quantitative estimate of drug-likeness (QED) is 0.546. The number of hydrogen-bond donors (Lipinski definition) is 0. The Morgan fingerprint density at radius 3 is 2.64 bits per heavy atom. The van der Waals surface area contributed by atoms with Crippen LogP contribution in [0.1, 0.15) is 24.2 Å². The van der Waals surface area contributed by atoms with Gasteiger partial charge >= 0.3 is 6.09 Å². The first-order chi connectivity index (χ1) is 13.3. The van der Waals surface area contributed by atoms with Gasteiger partial charge in [0.25, 0.3) is 0 Å². The topological polar surface area (TPSA) is 51.7 Å². The van der Waals surface area contributed by atoms with Crippen molar-refractivity contribution < 1.29 is 18.7 Å². The Kier molecular flexibility index (Phi) is 5.70. The second-order valence-corrected chi connectivity index (χ2v) is 6.80. The van der Waals surface area contributed by atoms with Gasteiger partial charge in [0, 0.05) is 23.0 Å². The van der Waals surface area contributed by atoms with Gasteiger partial charge in [-0.05, 0) is 38.1 Å². The number of benzene rings is 2. The number of aryl methyl sites for hydroxylation is 1. The van der Waals surface area contributed by atoms with Crippen molar-refractivity contribution in [3.8, 4) is 11.5 Å². The maximum absolute atomic E-state index is 14.0. The number of halogens is 2. The smallest absolute Gasteiger partial charge is 0.409 e. The SMILES string of the molecule is COC(=O)N(C)C(C)c1c(Cl)cccc1Oc1cc2cccc(F)c2nc1C. The van der Waals surface area contributed by atoms with Crippen LogP contribution in [0.2, 0.25) is 5.02 Å². The second kappa shape index (κ2) is 8.02. The summed E-state index contributed by atoms with van der Waals surface area (Å²) in [5.74, 6) is 0.579. The molecule has 1 amide bonds. The summed E-state index contributed by atoms with van der Waals surface area (Å²) in [5, 5.41) is 1.09. The number of methoxy groups -OCH3 is 1. The molecular weight excluding hydrogens is 383 g/mol. The van der Waals surface area contributed by atoms with E-state index in [4.69, 9.17) is 21.1 Å². The number of fused-ring (bicyclic) bond motifs is 1. The molecule has 0 saturated heterocycles. The summed E-state index contributed by atoms with van der Waals surface area (Å²) in [5.41, 5.74) is 1.46. The summed E-state index contributed by atoms with van der Waals surface area (Å²) in [7, 11) is 2.94. The lowest BCUT2D eigenvalue weighted by Crippen LogP contribution is -2.29. The zero-order valence-electron chi connectivity index (χ0n) is 16.0. The Balaban J connectivity index is 2.04. The second-order valence-electron chi connectivity index (χ2n) is 6.39. The van der Waals surface area contributed by atoms with Crippen LogP contribution in [-0.4, -0.2) is 30.1 Å². The summed E-state index contributed by atoms with van der Waals surface area (Å²) in [6.07, 6.45) is -0.489. The van der Waals surface area contributed by atoms with E-state index >= 15 is 0 Å². The molecule has 1 atom stereocenters. The van der Waals surface area contributed by atoms with E-state index in [1.54, 1.807) is 50.4 Å². The third kappa shape index (κ3) is 3.73. The first-order valence-electron chi connectivity index (χ1n) is 8.66. The predicted molar refractivity (Wildman–Crippen MR) is 107 cm³/mol. The van der Waals surface area contributed by atoms with Gasteiger partial charge in [0.2, 0.25) is 0 Å². The number of carbonyl (C=O) groups is 1. The minimum absolute atomic E-state index is 0.289. The van der Waals surface area contributed by atoms with E-state index in [1.807, 2.05) is 6.92 Å². The van der Waals surface area contributed by atoms with Gasteiger partial charge in [0.05, 0.1) is 18.8 Å². The monoisotopic (exact) mass is 402 g/mol. The fourth-order valence-electron chi connectivity index (χ4n) is 2.96. The first kappa shape index (κ1) is 19.9. The molecule has 0 N–H and O–H groups in total. The average molecular weight is 403 g/mol. The summed E-state index contributed by atoms with van der Waals surface area (Å²) in [4.78, 5) is 17.7. The van der Waals surface area contributed by atoms with Crippen molar-refractivity contribution >= 4 is 28.6 Å². The van der Waals surface area contributed by atoms with Crippen molar-refractivity contribution in [3.05, 3.63) is 64.6 Å². The summed E-state index contributed by atoms with van der Waals surface area (Å²) in [6.45, 7) is 3.57. The molecule has 0 radical (unpaired) electrons. The van der Waals surface area contributed by atoms with Gasteiger partial charge in [-0.1, -0.05) is 29.8 Å². The van der Waals surface area contributed by atoms with Crippen molar-refractivity contribution in [2.75, 3.05) is 14.2 Å². The standard InChI is InChI=1S/C21H20ClFN2O3/c1-12-18(11-14-7-5-9-16(23)20(14)24-12)28-17-10-6-8-15(22)19(17)13(2)25(3)21(26)27-4/h5-11,13H,1-4H3. The summed E-state index contributed by atoms with van der Waals surface area (Å²) < 4.78 is 24.9. The summed E-state index contributed by atoms with van der Waals surface area (Å²) >= 11 is 6.41. The minimum atomic E-state index is -0.489. The fourth-order valence-corrected chi connectivity index (χ4v) is 3.29. The predicted octanol–water partition coefficient (Wildman–Crippen LogP) is 5.89. The largest absolute Gasteiger partial charge is 0.455 e. The molecule has 0 fully saturated rings. The number of aromatic nitrogens is 1.